The molecule has 3 heterocycles. The van der Waals surface area contributed by atoms with Gasteiger partial charge < -0.3 is 20.9 Å². The lowest BCUT2D eigenvalue weighted by Gasteiger charge is -2.48. The van der Waals surface area contributed by atoms with E-state index < -0.39 is 24.0 Å². The SMILES string of the molecule is CN=C[C@@H]1C[C@@H]2C(=O)NC[C@@H]2CCCCC(NC(=O)c2ccc(Cl)c(Cl)c2)C(=O)N2C[C@H]3[C@H](CC3(C)C)[C@H]2C(=O)N1. The van der Waals surface area contributed by atoms with Crippen molar-refractivity contribution in [3.8, 4) is 0 Å². The minimum atomic E-state index is -0.803. The van der Waals surface area contributed by atoms with E-state index >= 15 is 0 Å². The number of carbonyl (C=O) groups excluding carboxylic acids is 4. The van der Waals surface area contributed by atoms with Gasteiger partial charge in [-0.15, -0.1) is 0 Å². The second kappa shape index (κ2) is 11.9. The van der Waals surface area contributed by atoms with Crippen LogP contribution < -0.4 is 16.0 Å². The Balaban J connectivity index is 1.45. The Hall–Kier alpha value is -2.65. The van der Waals surface area contributed by atoms with Crippen molar-refractivity contribution in [3.63, 3.8) is 0 Å². The van der Waals surface area contributed by atoms with Gasteiger partial charge in [-0.25, -0.2) is 0 Å². The summed E-state index contributed by atoms with van der Waals surface area (Å²) >= 11 is 12.2. The number of hydrogen-bond acceptors (Lipinski definition) is 5. The Bertz CT molecular complexity index is 1250. The quantitative estimate of drug-likeness (QED) is 0.458. The number of rotatable bonds is 3. The van der Waals surface area contributed by atoms with Gasteiger partial charge in [-0.3, -0.25) is 24.2 Å². The van der Waals surface area contributed by atoms with Crippen LogP contribution in [-0.4, -0.2) is 73.0 Å². The Morgan fingerprint density at radius 3 is 2.59 bits per heavy atom. The molecular weight excluding hydrogens is 565 g/mol. The minimum absolute atomic E-state index is 0.0103. The number of benzene rings is 1. The number of fused-ring (bicyclic) bond motifs is 4. The Kier molecular flexibility index (Phi) is 8.67. The van der Waals surface area contributed by atoms with E-state index in [4.69, 9.17) is 23.2 Å². The normalized spacial score (nSPS) is 33.6. The molecule has 222 valence electrons. The predicted molar refractivity (Wildman–Crippen MR) is 158 cm³/mol. The van der Waals surface area contributed by atoms with Crippen molar-refractivity contribution in [2.75, 3.05) is 20.1 Å². The molecule has 9 nitrogen and oxygen atoms in total. The minimum Gasteiger partial charge on any atom is -0.356 e. The highest BCUT2D eigenvalue weighted by molar-refractivity contribution is 6.42. The molecule has 1 unspecified atom stereocenters. The fourth-order valence-electron chi connectivity index (χ4n) is 7.45. The molecule has 5 rings (SSSR count). The fraction of sp³-hybridized carbons (Fsp3) is 0.633. The van der Waals surface area contributed by atoms with Crippen molar-refractivity contribution >= 4 is 53.0 Å². The van der Waals surface area contributed by atoms with Crippen molar-refractivity contribution in [1.29, 1.82) is 0 Å². The molecule has 4 amide bonds. The molecular formula is C30H39Cl2N5O4. The summed E-state index contributed by atoms with van der Waals surface area (Å²) < 4.78 is 0. The molecule has 4 fully saturated rings. The molecule has 0 aromatic heterocycles. The smallest absolute Gasteiger partial charge is 0.251 e. The van der Waals surface area contributed by atoms with Crippen molar-refractivity contribution in [3.05, 3.63) is 33.8 Å². The third-order valence-corrected chi connectivity index (χ3v) is 10.4. The van der Waals surface area contributed by atoms with E-state index in [1.54, 1.807) is 30.3 Å². The Morgan fingerprint density at radius 1 is 1.12 bits per heavy atom. The lowest BCUT2D eigenvalue weighted by atomic mass is 9.55. The van der Waals surface area contributed by atoms with Gasteiger partial charge in [0.1, 0.15) is 12.1 Å². The van der Waals surface area contributed by atoms with Gasteiger partial charge >= 0.3 is 0 Å². The van der Waals surface area contributed by atoms with Gasteiger partial charge in [0.05, 0.1) is 16.1 Å². The summed E-state index contributed by atoms with van der Waals surface area (Å²) in [5.74, 6) is -0.738. The summed E-state index contributed by atoms with van der Waals surface area (Å²) in [6.07, 6.45) is 5.73. The number of carbonyl (C=O) groups is 4. The summed E-state index contributed by atoms with van der Waals surface area (Å²) in [7, 11) is 1.65. The third kappa shape index (κ3) is 5.98. The van der Waals surface area contributed by atoms with Gasteiger partial charge in [0, 0.05) is 37.8 Å². The molecule has 0 spiro atoms. The lowest BCUT2D eigenvalue weighted by molar-refractivity contribution is -0.141. The summed E-state index contributed by atoms with van der Waals surface area (Å²) in [5.41, 5.74) is 0.322. The number of amides is 4. The number of nitrogens with one attached hydrogen (secondary N) is 3. The monoisotopic (exact) mass is 603 g/mol. The maximum absolute atomic E-state index is 14.2. The van der Waals surface area contributed by atoms with E-state index in [2.05, 4.69) is 34.8 Å². The van der Waals surface area contributed by atoms with Gasteiger partial charge in [-0.1, -0.05) is 49.9 Å². The highest BCUT2D eigenvalue weighted by Crippen LogP contribution is 2.57. The maximum atomic E-state index is 14.2. The highest BCUT2D eigenvalue weighted by atomic mass is 35.5. The first-order valence-electron chi connectivity index (χ1n) is 14.6. The predicted octanol–water partition coefficient (Wildman–Crippen LogP) is 3.48. The molecule has 1 aliphatic carbocycles. The lowest BCUT2D eigenvalue weighted by Crippen LogP contribution is -2.57. The molecule has 3 saturated heterocycles. The molecule has 41 heavy (non-hydrogen) atoms. The fourth-order valence-corrected chi connectivity index (χ4v) is 7.74. The first-order valence-corrected chi connectivity index (χ1v) is 15.3. The van der Waals surface area contributed by atoms with Crippen LogP contribution in [0.3, 0.4) is 0 Å². The zero-order valence-electron chi connectivity index (χ0n) is 23.8. The van der Waals surface area contributed by atoms with Gasteiger partial charge in [-0.05, 0) is 67.1 Å². The van der Waals surface area contributed by atoms with E-state index in [1.165, 1.54) is 6.07 Å². The standard InChI is InChI=1S/C30H39Cl2N5O4/c1-30(2)12-20-21(30)15-37-25(20)28(40)35-18(14-33-3)11-19-17(13-34-27(19)39)6-4-5-7-24(29(37)41)36-26(38)16-8-9-22(31)23(32)10-16/h8-10,14,17-21,24-25H,4-7,11-13,15H2,1-3H3,(H,34,39)(H,35,40)(H,36,38)/t17-,18-,19-,20-,21-,24?,25-/m0/s1. The number of nitrogens with zero attached hydrogens (tertiary/aromatic N) is 2. The van der Waals surface area contributed by atoms with Crippen molar-refractivity contribution in [2.45, 2.75) is 70.5 Å². The average Bonchev–Trinajstić information content (AvgIpc) is 3.44. The third-order valence-electron chi connectivity index (χ3n) is 9.68. The first-order chi connectivity index (χ1) is 19.5. The molecule has 0 radical (unpaired) electrons. The van der Waals surface area contributed by atoms with Crippen LogP contribution >= 0.6 is 23.2 Å². The molecule has 3 N–H and O–H groups in total. The van der Waals surface area contributed by atoms with Crippen LogP contribution in [0.5, 0.6) is 0 Å². The zero-order valence-corrected chi connectivity index (χ0v) is 25.3. The summed E-state index contributed by atoms with van der Waals surface area (Å²) in [4.78, 5) is 60.0. The first kappa shape index (κ1) is 29.8. The van der Waals surface area contributed by atoms with Crippen LogP contribution in [0.4, 0.5) is 0 Å². The summed E-state index contributed by atoms with van der Waals surface area (Å²) in [5, 5.41) is 9.65. The highest BCUT2D eigenvalue weighted by Gasteiger charge is 2.60. The van der Waals surface area contributed by atoms with E-state index in [1.807, 2.05) is 0 Å². The molecule has 11 heteroatoms. The molecule has 7 atom stereocenters. The van der Waals surface area contributed by atoms with E-state index in [0.29, 0.717) is 42.9 Å². The van der Waals surface area contributed by atoms with Crippen LogP contribution in [0.15, 0.2) is 23.2 Å². The molecule has 0 bridgehead atoms. The summed E-state index contributed by atoms with van der Waals surface area (Å²) in [6.45, 7) is 5.41. The topological polar surface area (TPSA) is 120 Å². The van der Waals surface area contributed by atoms with E-state index in [0.717, 1.165) is 19.3 Å². The van der Waals surface area contributed by atoms with Crippen LogP contribution in [0, 0.1) is 29.1 Å². The van der Waals surface area contributed by atoms with Crippen molar-refractivity contribution in [2.24, 2.45) is 34.1 Å². The maximum Gasteiger partial charge on any atom is 0.251 e. The molecule has 1 aromatic rings. The summed E-state index contributed by atoms with van der Waals surface area (Å²) in [6, 6.07) is 2.75. The Labute approximate surface area is 251 Å². The molecule has 4 aliphatic rings. The van der Waals surface area contributed by atoms with Crippen LogP contribution in [0.2, 0.25) is 10.0 Å². The van der Waals surface area contributed by atoms with Crippen LogP contribution in [-0.2, 0) is 14.4 Å². The van der Waals surface area contributed by atoms with Crippen LogP contribution in [0.25, 0.3) is 0 Å². The van der Waals surface area contributed by atoms with E-state index in [-0.39, 0.29) is 51.8 Å². The second-order valence-electron chi connectivity index (χ2n) is 12.7. The number of halogens is 2. The average molecular weight is 605 g/mol. The molecule has 1 aromatic carbocycles. The number of aliphatic imine (C=N–C) groups is 1. The largest absolute Gasteiger partial charge is 0.356 e. The van der Waals surface area contributed by atoms with E-state index in [9.17, 15) is 19.2 Å². The van der Waals surface area contributed by atoms with Crippen molar-refractivity contribution < 1.29 is 19.2 Å². The van der Waals surface area contributed by atoms with Gasteiger partial charge in [0.25, 0.3) is 5.91 Å². The molecule has 3 aliphatic heterocycles. The second-order valence-corrected chi connectivity index (χ2v) is 13.5. The van der Waals surface area contributed by atoms with Crippen LogP contribution in [0.1, 0.15) is 62.7 Å². The number of hydrogen-bond donors (Lipinski definition) is 3. The van der Waals surface area contributed by atoms with Crippen molar-refractivity contribution in [1.82, 2.24) is 20.9 Å². The van der Waals surface area contributed by atoms with Gasteiger partial charge in [-0.2, -0.15) is 0 Å². The van der Waals surface area contributed by atoms with Gasteiger partial charge in [0.2, 0.25) is 17.7 Å². The molecule has 1 saturated carbocycles. The van der Waals surface area contributed by atoms with Gasteiger partial charge in [0.15, 0.2) is 0 Å². The zero-order chi connectivity index (χ0) is 29.5. The Morgan fingerprint density at radius 2 is 1.88 bits per heavy atom.